The summed E-state index contributed by atoms with van der Waals surface area (Å²) in [4.78, 5) is 14.3. The highest BCUT2D eigenvalue weighted by Crippen LogP contribution is 2.27. The Hall–Kier alpha value is -1.34. The van der Waals surface area contributed by atoms with Gasteiger partial charge in [-0.2, -0.15) is 4.37 Å². The van der Waals surface area contributed by atoms with E-state index in [1.807, 2.05) is 0 Å². The van der Waals surface area contributed by atoms with Gasteiger partial charge in [-0.1, -0.05) is 0 Å². The SMILES string of the molecule is CCOC(=O)c1c(N)nsc1NCCCN1CCCC1. The van der Waals surface area contributed by atoms with E-state index in [4.69, 9.17) is 10.5 Å². The Morgan fingerprint density at radius 3 is 2.95 bits per heavy atom. The quantitative estimate of drug-likeness (QED) is 0.590. The maximum Gasteiger partial charge on any atom is 0.344 e. The lowest BCUT2D eigenvalue weighted by atomic mass is 10.3. The molecule has 0 radical (unpaired) electrons. The second-order valence-electron chi connectivity index (χ2n) is 4.82. The van der Waals surface area contributed by atoms with Crippen LogP contribution in [0, 0.1) is 0 Å². The van der Waals surface area contributed by atoms with Crippen LogP contribution in [0.15, 0.2) is 0 Å². The van der Waals surface area contributed by atoms with Crippen LogP contribution < -0.4 is 11.1 Å². The predicted molar refractivity (Wildman–Crippen MR) is 81.3 cm³/mol. The van der Waals surface area contributed by atoms with Gasteiger partial charge in [-0.05, 0) is 57.4 Å². The molecule has 0 aliphatic carbocycles. The Bertz CT molecular complexity index is 444. The number of aromatic nitrogens is 1. The van der Waals surface area contributed by atoms with Crippen LogP contribution in [0.2, 0.25) is 0 Å². The number of nitrogen functional groups attached to an aromatic ring is 1. The first-order valence-corrected chi connectivity index (χ1v) is 7.88. The lowest BCUT2D eigenvalue weighted by Crippen LogP contribution is -2.22. The van der Waals surface area contributed by atoms with E-state index in [2.05, 4.69) is 14.6 Å². The third-order valence-corrected chi connectivity index (χ3v) is 4.15. The average molecular weight is 298 g/mol. The van der Waals surface area contributed by atoms with Gasteiger partial charge in [0.2, 0.25) is 0 Å². The molecule has 0 bridgehead atoms. The Labute approximate surface area is 123 Å². The molecule has 112 valence electrons. The first-order valence-electron chi connectivity index (χ1n) is 7.11. The Morgan fingerprint density at radius 2 is 2.25 bits per heavy atom. The predicted octanol–water partition coefficient (Wildman–Crippen LogP) is 1.80. The fourth-order valence-electron chi connectivity index (χ4n) is 2.33. The van der Waals surface area contributed by atoms with Crippen molar-refractivity contribution in [2.75, 3.05) is 43.8 Å². The summed E-state index contributed by atoms with van der Waals surface area (Å²) in [7, 11) is 0. The number of nitrogens with two attached hydrogens (primary N) is 1. The maximum atomic E-state index is 11.8. The van der Waals surface area contributed by atoms with Crippen LogP contribution in [-0.2, 0) is 4.74 Å². The van der Waals surface area contributed by atoms with E-state index in [1.165, 1.54) is 37.5 Å². The smallest absolute Gasteiger partial charge is 0.344 e. The molecule has 1 aromatic rings. The molecule has 2 rings (SSSR count). The van der Waals surface area contributed by atoms with E-state index in [9.17, 15) is 4.79 Å². The lowest BCUT2D eigenvalue weighted by molar-refractivity contribution is 0.0529. The molecule has 1 aromatic heterocycles. The van der Waals surface area contributed by atoms with Gasteiger partial charge in [-0.15, -0.1) is 0 Å². The summed E-state index contributed by atoms with van der Waals surface area (Å²) >= 11 is 1.21. The van der Waals surface area contributed by atoms with Crippen LogP contribution in [-0.4, -0.2) is 48.0 Å². The number of ether oxygens (including phenoxy) is 1. The summed E-state index contributed by atoms with van der Waals surface area (Å²) in [5, 5.41) is 3.96. The Kier molecular flexibility index (Phi) is 5.60. The van der Waals surface area contributed by atoms with Crippen molar-refractivity contribution < 1.29 is 9.53 Å². The topological polar surface area (TPSA) is 80.5 Å². The van der Waals surface area contributed by atoms with Crippen molar-refractivity contribution in [1.29, 1.82) is 0 Å². The first-order chi connectivity index (χ1) is 9.72. The number of carbonyl (C=O) groups excluding carboxylic acids is 1. The van der Waals surface area contributed by atoms with E-state index in [-0.39, 0.29) is 5.82 Å². The van der Waals surface area contributed by atoms with Gasteiger partial charge in [-0.25, -0.2) is 4.79 Å². The van der Waals surface area contributed by atoms with Crippen molar-refractivity contribution in [2.24, 2.45) is 0 Å². The second-order valence-corrected chi connectivity index (χ2v) is 5.59. The highest BCUT2D eigenvalue weighted by Gasteiger charge is 2.20. The summed E-state index contributed by atoms with van der Waals surface area (Å²) in [6.07, 6.45) is 3.66. The highest BCUT2D eigenvalue weighted by molar-refractivity contribution is 7.11. The van der Waals surface area contributed by atoms with Crippen LogP contribution in [0.3, 0.4) is 0 Å². The molecule has 20 heavy (non-hydrogen) atoms. The molecule has 0 atom stereocenters. The van der Waals surface area contributed by atoms with Gasteiger partial charge in [0.05, 0.1) is 6.61 Å². The van der Waals surface area contributed by atoms with Crippen LogP contribution >= 0.6 is 11.5 Å². The molecule has 6 nitrogen and oxygen atoms in total. The van der Waals surface area contributed by atoms with Crippen LogP contribution in [0.4, 0.5) is 10.8 Å². The minimum atomic E-state index is -0.402. The molecule has 0 spiro atoms. The maximum absolute atomic E-state index is 11.8. The van der Waals surface area contributed by atoms with Crippen molar-refractivity contribution in [3.8, 4) is 0 Å². The lowest BCUT2D eigenvalue weighted by Gasteiger charge is -2.14. The molecular weight excluding hydrogens is 276 g/mol. The number of rotatable bonds is 7. The Morgan fingerprint density at radius 1 is 1.50 bits per heavy atom. The number of likely N-dealkylation sites (tertiary alicyclic amines) is 1. The second kappa shape index (κ2) is 7.44. The molecule has 1 saturated heterocycles. The van der Waals surface area contributed by atoms with Crippen molar-refractivity contribution in [1.82, 2.24) is 9.27 Å². The number of nitrogens with zero attached hydrogens (tertiary/aromatic N) is 2. The number of anilines is 2. The van der Waals surface area contributed by atoms with Gasteiger partial charge in [0.25, 0.3) is 0 Å². The molecule has 7 heteroatoms. The van der Waals surface area contributed by atoms with Crippen LogP contribution in [0.25, 0.3) is 0 Å². The number of esters is 1. The third-order valence-electron chi connectivity index (χ3n) is 3.33. The minimum Gasteiger partial charge on any atom is -0.462 e. The zero-order chi connectivity index (χ0) is 14.4. The fourth-order valence-corrected chi connectivity index (χ4v) is 3.06. The monoisotopic (exact) mass is 298 g/mol. The molecule has 1 fully saturated rings. The largest absolute Gasteiger partial charge is 0.462 e. The van der Waals surface area contributed by atoms with Crippen molar-refractivity contribution in [3.05, 3.63) is 5.56 Å². The van der Waals surface area contributed by atoms with Gasteiger partial charge >= 0.3 is 5.97 Å². The molecule has 1 aliphatic rings. The van der Waals surface area contributed by atoms with E-state index in [0.717, 1.165) is 19.5 Å². The summed E-state index contributed by atoms with van der Waals surface area (Å²) in [6, 6.07) is 0. The average Bonchev–Trinajstić information content (AvgIpc) is 3.05. The number of nitrogens with one attached hydrogen (secondary N) is 1. The van der Waals surface area contributed by atoms with Gasteiger partial charge in [-0.3, -0.25) is 0 Å². The van der Waals surface area contributed by atoms with Crippen LogP contribution in [0.1, 0.15) is 36.5 Å². The molecule has 1 aliphatic heterocycles. The van der Waals surface area contributed by atoms with Gasteiger partial charge in [0.1, 0.15) is 10.6 Å². The third kappa shape index (κ3) is 3.83. The van der Waals surface area contributed by atoms with E-state index >= 15 is 0 Å². The summed E-state index contributed by atoms with van der Waals surface area (Å²) in [5.41, 5.74) is 6.10. The number of carbonyl (C=O) groups is 1. The van der Waals surface area contributed by atoms with E-state index < -0.39 is 5.97 Å². The molecule has 2 heterocycles. The number of hydrogen-bond acceptors (Lipinski definition) is 7. The van der Waals surface area contributed by atoms with Crippen molar-refractivity contribution >= 4 is 28.3 Å². The summed E-state index contributed by atoms with van der Waals surface area (Å²) < 4.78 is 9.02. The molecule has 3 N–H and O–H groups in total. The molecule has 0 amide bonds. The Balaban J connectivity index is 1.81. The molecule has 0 unspecified atom stereocenters. The summed E-state index contributed by atoms with van der Waals surface area (Å²) in [6.45, 7) is 6.43. The van der Waals surface area contributed by atoms with E-state index in [1.54, 1.807) is 6.92 Å². The van der Waals surface area contributed by atoms with Gasteiger partial charge in [0.15, 0.2) is 5.82 Å². The minimum absolute atomic E-state index is 0.246. The highest BCUT2D eigenvalue weighted by atomic mass is 32.1. The summed E-state index contributed by atoms with van der Waals surface area (Å²) in [5.74, 6) is -0.156. The normalized spacial score (nSPS) is 15.4. The zero-order valence-corrected chi connectivity index (χ0v) is 12.7. The van der Waals surface area contributed by atoms with Gasteiger partial charge < -0.3 is 20.7 Å². The molecule has 0 saturated carbocycles. The van der Waals surface area contributed by atoms with E-state index in [0.29, 0.717) is 17.2 Å². The van der Waals surface area contributed by atoms with Crippen molar-refractivity contribution in [3.63, 3.8) is 0 Å². The molecule has 0 aromatic carbocycles. The first kappa shape index (κ1) is 15.1. The number of hydrogen-bond donors (Lipinski definition) is 2. The standard InChI is InChI=1S/C13H22N4O2S/c1-2-19-13(18)10-11(14)16-20-12(10)15-6-5-9-17-7-3-4-8-17/h15H,2-9H2,1H3,(H2,14,16). The van der Waals surface area contributed by atoms with Gasteiger partial charge in [0, 0.05) is 6.54 Å². The van der Waals surface area contributed by atoms with Crippen LogP contribution in [0.5, 0.6) is 0 Å². The molecular formula is C13H22N4O2S. The zero-order valence-electron chi connectivity index (χ0n) is 11.9. The fraction of sp³-hybridized carbons (Fsp3) is 0.692. The van der Waals surface area contributed by atoms with Crippen molar-refractivity contribution in [2.45, 2.75) is 26.2 Å².